The SMILES string of the molecule is COc1cccc(OC[C@H]2CO[S@](=O)O2)c1. The van der Waals surface area contributed by atoms with E-state index in [1.165, 1.54) is 0 Å². The van der Waals surface area contributed by atoms with Gasteiger partial charge in [-0.15, -0.1) is 0 Å². The third kappa shape index (κ3) is 2.94. The van der Waals surface area contributed by atoms with E-state index >= 15 is 0 Å². The van der Waals surface area contributed by atoms with Gasteiger partial charge < -0.3 is 9.47 Å². The first-order valence-electron chi connectivity index (χ1n) is 4.77. The van der Waals surface area contributed by atoms with E-state index in [9.17, 15) is 4.21 Å². The summed E-state index contributed by atoms with van der Waals surface area (Å²) < 4.78 is 31.0. The topological polar surface area (TPSA) is 54.0 Å². The second-order valence-electron chi connectivity index (χ2n) is 3.20. The van der Waals surface area contributed by atoms with E-state index in [1.807, 2.05) is 18.2 Å². The van der Waals surface area contributed by atoms with Crippen molar-refractivity contribution in [3.8, 4) is 11.5 Å². The molecule has 0 N–H and O–H groups in total. The molecular formula is C10H12O5S. The van der Waals surface area contributed by atoms with Crippen molar-refractivity contribution in [3.63, 3.8) is 0 Å². The maximum Gasteiger partial charge on any atom is 0.305 e. The zero-order valence-electron chi connectivity index (χ0n) is 8.75. The molecule has 1 saturated heterocycles. The summed E-state index contributed by atoms with van der Waals surface area (Å²) in [5, 5.41) is 0. The number of hydrogen-bond acceptors (Lipinski definition) is 5. The molecule has 0 aromatic heterocycles. The third-order valence-corrected chi connectivity index (χ3v) is 2.80. The normalized spacial score (nSPS) is 24.3. The van der Waals surface area contributed by atoms with Gasteiger partial charge in [0.2, 0.25) is 0 Å². The molecule has 1 aromatic rings. The second-order valence-corrected chi connectivity index (χ2v) is 4.03. The van der Waals surface area contributed by atoms with Crippen molar-refractivity contribution < 1.29 is 22.0 Å². The molecule has 1 aromatic carbocycles. The Bertz CT molecular complexity index is 381. The third-order valence-electron chi connectivity index (χ3n) is 2.04. The van der Waals surface area contributed by atoms with Crippen LogP contribution in [-0.4, -0.2) is 30.6 Å². The first kappa shape index (κ1) is 11.4. The van der Waals surface area contributed by atoms with Gasteiger partial charge in [-0.2, -0.15) is 4.21 Å². The first-order valence-corrected chi connectivity index (χ1v) is 5.77. The molecule has 5 nitrogen and oxygen atoms in total. The Morgan fingerprint density at radius 3 is 3.00 bits per heavy atom. The van der Waals surface area contributed by atoms with Crippen LogP contribution in [0.25, 0.3) is 0 Å². The zero-order chi connectivity index (χ0) is 11.4. The molecule has 2 atom stereocenters. The van der Waals surface area contributed by atoms with Gasteiger partial charge in [0.1, 0.15) is 24.2 Å². The Morgan fingerprint density at radius 2 is 2.31 bits per heavy atom. The molecule has 1 aliphatic rings. The van der Waals surface area contributed by atoms with Gasteiger partial charge in [0, 0.05) is 6.07 Å². The molecule has 0 unspecified atom stereocenters. The van der Waals surface area contributed by atoms with Gasteiger partial charge in [-0.1, -0.05) is 6.07 Å². The van der Waals surface area contributed by atoms with Crippen LogP contribution in [0.3, 0.4) is 0 Å². The molecule has 0 aliphatic carbocycles. The summed E-state index contributed by atoms with van der Waals surface area (Å²) in [5.41, 5.74) is 0. The summed E-state index contributed by atoms with van der Waals surface area (Å²) in [5.74, 6) is 1.41. The quantitative estimate of drug-likeness (QED) is 0.793. The predicted molar refractivity (Wildman–Crippen MR) is 57.5 cm³/mol. The van der Waals surface area contributed by atoms with Crippen LogP contribution >= 0.6 is 0 Å². The zero-order valence-corrected chi connectivity index (χ0v) is 9.57. The highest BCUT2D eigenvalue weighted by Crippen LogP contribution is 2.19. The first-order chi connectivity index (χ1) is 7.78. The van der Waals surface area contributed by atoms with Crippen LogP contribution in [0.1, 0.15) is 0 Å². The van der Waals surface area contributed by atoms with Gasteiger partial charge >= 0.3 is 11.4 Å². The molecule has 88 valence electrons. The van der Waals surface area contributed by atoms with Gasteiger partial charge in [0.05, 0.1) is 13.7 Å². The van der Waals surface area contributed by atoms with Gasteiger partial charge in [-0.05, 0) is 12.1 Å². The monoisotopic (exact) mass is 244 g/mol. The fraction of sp³-hybridized carbons (Fsp3) is 0.400. The van der Waals surface area contributed by atoms with Gasteiger partial charge in [-0.25, -0.2) is 0 Å². The van der Waals surface area contributed by atoms with Crippen LogP contribution in [0.4, 0.5) is 0 Å². The molecule has 16 heavy (non-hydrogen) atoms. The summed E-state index contributed by atoms with van der Waals surface area (Å²) in [6.07, 6.45) is -0.285. The van der Waals surface area contributed by atoms with E-state index in [-0.39, 0.29) is 12.7 Å². The Balaban J connectivity index is 1.87. The molecular weight excluding hydrogens is 232 g/mol. The van der Waals surface area contributed by atoms with Crippen molar-refractivity contribution in [1.82, 2.24) is 0 Å². The maximum atomic E-state index is 10.8. The molecule has 0 radical (unpaired) electrons. The highest BCUT2D eigenvalue weighted by atomic mass is 32.2. The van der Waals surface area contributed by atoms with Crippen molar-refractivity contribution in [1.29, 1.82) is 0 Å². The van der Waals surface area contributed by atoms with Gasteiger partial charge in [0.25, 0.3) is 0 Å². The molecule has 1 aliphatic heterocycles. The Hall–Kier alpha value is -1.11. The standard InChI is InChI=1S/C10H12O5S/c1-12-8-3-2-4-9(5-8)13-6-10-7-14-16(11)15-10/h2-5,10H,6-7H2,1H3/t10-,16-/m0/s1. The minimum Gasteiger partial charge on any atom is -0.497 e. The van der Waals surface area contributed by atoms with Crippen LogP contribution in [0.15, 0.2) is 24.3 Å². The summed E-state index contributed by atoms with van der Waals surface area (Å²) in [6, 6.07) is 7.25. The Morgan fingerprint density at radius 1 is 1.50 bits per heavy atom. The summed E-state index contributed by atoms with van der Waals surface area (Å²) in [6.45, 7) is 0.593. The number of benzene rings is 1. The van der Waals surface area contributed by atoms with E-state index in [2.05, 4.69) is 0 Å². The van der Waals surface area contributed by atoms with Crippen molar-refractivity contribution >= 4 is 11.4 Å². The Labute approximate surface area is 96.1 Å². The van der Waals surface area contributed by atoms with Crippen LogP contribution in [-0.2, 0) is 19.7 Å². The molecule has 6 heteroatoms. The number of rotatable bonds is 4. The van der Waals surface area contributed by atoms with Crippen molar-refractivity contribution in [2.45, 2.75) is 6.10 Å². The maximum absolute atomic E-state index is 10.8. The number of hydrogen-bond donors (Lipinski definition) is 0. The second kappa shape index (κ2) is 5.29. The summed E-state index contributed by atoms with van der Waals surface area (Å²) in [7, 11) is 1.59. The molecule has 1 heterocycles. The molecule has 1 fully saturated rings. The van der Waals surface area contributed by atoms with E-state index in [1.54, 1.807) is 13.2 Å². The summed E-state index contributed by atoms with van der Waals surface area (Å²) in [4.78, 5) is 0. The van der Waals surface area contributed by atoms with Crippen molar-refractivity contribution in [3.05, 3.63) is 24.3 Å². The largest absolute Gasteiger partial charge is 0.497 e. The molecule has 0 saturated carbocycles. The molecule has 0 bridgehead atoms. The van der Waals surface area contributed by atoms with E-state index < -0.39 is 11.4 Å². The average molecular weight is 244 g/mol. The van der Waals surface area contributed by atoms with Gasteiger partial charge in [-0.3, -0.25) is 8.37 Å². The number of ether oxygens (including phenoxy) is 2. The highest BCUT2D eigenvalue weighted by Gasteiger charge is 2.23. The lowest BCUT2D eigenvalue weighted by atomic mass is 10.3. The smallest absolute Gasteiger partial charge is 0.305 e. The highest BCUT2D eigenvalue weighted by molar-refractivity contribution is 7.75. The van der Waals surface area contributed by atoms with Crippen LogP contribution in [0.5, 0.6) is 11.5 Å². The van der Waals surface area contributed by atoms with E-state index in [0.717, 1.165) is 5.75 Å². The van der Waals surface area contributed by atoms with Crippen molar-refractivity contribution in [2.24, 2.45) is 0 Å². The predicted octanol–water partition coefficient (Wildman–Crippen LogP) is 1.07. The molecule has 0 spiro atoms. The fourth-order valence-electron chi connectivity index (χ4n) is 1.25. The minimum atomic E-state index is -1.62. The van der Waals surface area contributed by atoms with Crippen LogP contribution < -0.4 is 9.47 Å². The summed E-state index contributed by atoms with van der Waals surface area (Å²) >= 11 is -1.62. The lowest BCUT2D eigenvalue weighted by Gasteiger charge is -2.09. The van der Waals surface area contributed by atoms with Crippen LogP contribution in [0.2, 0.25) is 0 Å². The fourth-order valence-corrected chi connectivity index (χ4v) is 1.91. The average Bonchev–Trinajstić information content (AvgIpc) is 2.73. The lowest BCUT2D eigenvalue weighted by Crippen LogP contribution is -2.19. The van der Waals surface area contributed by atoms with E-state index in [4.69, 9.17) is 17.8 Å². The van der Waals surface area contributed by atoms with E-state index in [0.29, 0.717) is 12.4 Å². The Kier molecular flexibility index (Phi) is 3.76. The lowest BCUT2D eigenvalue weighted by molar-refractivity contribution is 0.151. The molecule has 0 amide bonds. The number of methoxy groups -OCH3 is 1. The minimum absolute atomic E-state index is 0.285. The van der Waals surface area contributed by atoms with Crippen molar-refractivity contribution in [2.75, 3.05) is 20.3 Å². The van der Waals surface area contributed by atoms with Crippen LogP contribution in [0, 0.1) is 0 Å². The molecule has 2 rings (SSSR count). The van der Waals surface area contributed by atoms with Gasteiger partial charge in [0.15, 0.2) is 0 Å².